The van der Waals surface area contributed by atoms with Crippen molar-refractivity contribution in [3.63, 3.8) is 0 Å². The van der Waals surface area contributed by atoms with E-state index in [0.717, 1.165) is 0 Å². The number of unbranched alkanes of at least 4 members (excludes halogenated alkanes) is 1. The summed E-state index contributed by atoms with van der Waals surface area (Å²) < 4.78 is 0. The fourth-order valence-electron chi connectivity index (χ4n) is 1.30. The molecule has 2 amide bonds. The van der Waals surface area contributed by atoms with Crippen LogP contribution in [0.1, 0.15) is 32.6 Å². The second-order valence-corrected chi connectivity index (χ2v) is 3.80. The van der Waals surface area contributed by atoms with Crippen molar-refractivity contribution in [1.29, 1.82) is 0 Å². The maximum absolute atomic E-state index is 11.5. The summed E-state index contributed by atoms with van der Waals surface area (Å²) in [6, 6.07) is 0. The second kappa shape index (κ2) is 8.55. The lowest BCUT2D eigenvalue weighted by Gasteiger charge is -2.16. The van der Waals surface area contributed by atoms with Crippen molar-refractivity contribution in [2.75, 3.05) is 20.1 Å². The SMILES string of the molecule is CCNC(=O)CN(C)C(=O)CCCCC(=O)O. The summed E-state index contributed by atoms with van der Waals surface area (Å²) in [6.45, 7) is 2.40. The average Bonchev–Trinajstić information content (AvgIpc) is 2.23. The van der Waals surface area contributed by atoms with E-state index in [-0.39, 0.29) is 31.2 Å². The van der Waals surface area contributed by atoms with Crippen molar-refractivity contribution in [2.45, 2.75) is 32.6 Å². The minimum atomic E-state index is -0.854. The quantitative estimate of drug-likeness (QED) is 0.598. The Morgan fingerprint density at radius 1 is 1.18 bits per heavy atom. The van der Waals surface area contributed by atoms with Gasteiger partial charge in [0.15, 0.2) is 0 Å². The number of nitrogens with one attached hydrogen (secondary N) is 1. The van der Waals surface area contributed by atoms with Crippen LogP contribution in [0.2, 0.25) is 0 Å². The van der Waals surface area contributed by atoms with Gasteiger partial charge in [0.25, 0.3) is 0 Å². The Morgan fingerprint density at radius 2 is 1.76 bits per heavy atom. The van der Waals surface area contributed by atoms with E-state index in [1.807, 2.05) is 6.92 Å². The molecule has 0 bridgehead atoms. The third kappa shape index (κ3) is 8.24. The smallest absolute Gasteiger partial charge is 0.303 e. The van der Waals surface area contributed by atoms with E-state index in [2.05, 4.69) is 5.32 Å². The van der Waals surface area contributed by atoms with Crippen LogP contribution in [0.15, 0.2) is 0 Å². The minimum Gasteiger partial charge on any atom is -0.481 e. The first-order valence-corrected chi connectivity index (χ1v) is 5.69. The van der Waals surface area contributed by atoms with Gasteiger partial charge in [0.2, 0.25) is 11.8 Å². The molecular weight excluding hydrogens is 224 g/mol. The largest absolute Gasteiger partial charge is 0.481 e. The molecule has 2 N–H and O–H groups in total. The van der Waals surface area contributed by atoms with Crippen molar-refractivity contribution < 1.29 is 19.5 Å². The van der Waals surface area contributed by atoms with Crippen LogP contribution in [0.4, 0.5) is 0 Å². The molecule has 0 radical (unpaired) electrons. The van der Waals surface area contributed by atoms with Crippen LogP contribution in [0.25, 0.3) is 0 Å². The molecule has 0 atom stereocenters. The van der Waals surface area contributed by atoms with Crippen LogP contribution < -0.4 is 5.32 Å². The average molecular weight is 244 g/mol. The molecule has 0 aromatic heterocycles. The summed E-state index contributed by atoms with van der Waals surface area (Å²) in [7, 11) is 1.56. The first kappa shape index (κ1) is 15.4. The molecule has 0 aliphatic heterocycles. The Labute approximate surface area is 101 Å². The van der Waals surface area contributed by atoms with E-state index in [1.165, 1.54) is 4.90 Å². The van der Waals surface area contributed by atoms with Gasteiger partial charge in [0, 0.05) is 26.4 Å². The zero-order chi connectivity index (χ0) is 13.3. The van der Waals surface area contributed by atoms with Crippen LogP contribution >= 0.6 is 0 Å². The first-order chi connectivity index (χ1) is 7.97. The highest BCUT2D eigenvalue weighted by Crippen LogP contribution is 2.02. The minimum absolute atomic E-state index is 0.0472. The van der Waals surface area contributed by atoms with Crippen LogP contribution in [0.5, 0.6) is 0 Å². The maximum atomic E-state index is 11.5. The number of amides is 2. The van der Waals surface area contributed by atoms with Crippen LogP contribution in [0.3, 0.4) is 0 Å². The zero-order valence-corrected chi connectivity index (χ0v) is 10.4. The summed E-state index contributed by atoms with van der Waals surface area (Å²) >= 11 is 0. The Morgan fingerprint density at radius 3 is 2.29 bits per heavy atom. The van der Waals surface area contributed by atoms with Gasteiger partial charge >= 0.3 is 5.97 Å². The first-order valence-electron chi connectivity index (χ1n) is 5.69. The molecule has 98 valence electrons. The number of nitrogens with zero attached hydrogens (tertiary/aromatic N) is 1. The monoisotopic (exact) mass is 244 g/mol. The number of rotatable bonds is 8. The lowest BCUT2D eigenvalue weighted by atomic mass is 10.2. The standard InChI is InChI=1S/C11H20N2O4/c1-3-12-9(14)8-13(2)10(15)6-4-5-7-11(16)17/h3-8H2,1-2H3,(H,12,14)(H,16,17). The third-order valence-electron chi connectivity index (χ3n) is 2.21. The maximum Gasteiger partial charge on any atom is 0.303 e. The van der Waals surface area contributed by atoms with E-state index in [9.17, 15) is 14.4 Å². The zero-order valence-electron chi connectivity index (χ0n) is 10.4. The fraction of sp³-hybridized carbons (Fsp3) is 0.727. The van der Waals surface area contributed by atoms with E-state index < -0.39 is 5.97 Å². The predicted octanol–water partition coefficient (Wildman–Crippen LogP) is 0.226. The summed E-state index contributed by atoms with van der Waals surface area (Å²) in [5, 5.41) is 11.0. The summed E-state index contributed by atoms with van der Waals surface area (Å²) in [4.78, 5) is 34.3. The van der Waals surface area contributed by atoms with Crippen LogP contribution in [-0.4, -0.2) is 47.9 Å². The van der Waals surface area contributed by atoms with Gasteiger partial charge in [-0.25, -0.2) is 0 Å². The Kier molecular flexibility index (Phi) is 7.75. The van der Waals surface area contributed by atoms with E-state index >= 15 is 0 Å². The van der Waals surface area contributed by atoms with Gasteiger partial charge in [0.05, 0.1) is 6.54 Å². The Hall–Kier alpha value is -1.59. The third-order valence-corrected chi connectivity index (χ3v) is 2.21. The molecule has 0 saturated carbocycles. The molecule has 0 spiro atoms. The van der Waals surface area contributed by atoms with Gasteiger partial charge in [-0.1, -0.05) is 0 Å². The highest BCUT2D eigenvalue weighted by atomic mass is 16.4. The summed E-state index contributed by atoms with van der Waals surface area (Å²) in [5.74, 6) is -1.18. The number of carbonyl (C=O) groups excluding carboxylic acids is 2. The van der Waals surface area contributed by atoms with Crippen molar-refractivity contribution in [3.05, 3.63) is 0 Å². The predicted molar refractivity (Wildman–Crippen MR) is 62.4 cm³/mol. The number of likely N-dealkylation sites (N-methyl/N-ethyl adjacent to an activating group) is 2. The van der Waals surface area contributed by atoms with Crippen molar-refractivity contribution in [2.24, 2.45) is 0 Å². The topological polar surface area (TPSA) is 86.7 Å². The molecule has 0 rings (SSSR count). The molecule has 0 aromatic carbocycles. The molecule has 0 fully saturated rings. The highest BCUT2D eigenvalue weighted by Gasteiger charge is 2.11. The Bertz CT molecular complexity index is 279. The molecule has 0 aliphatic rings. The fourth-order valence-corrected chi connectivity index (χ4v) is 1.30. The van der Waals surface area contributed by atoms with Crippen LogP contribution in [-0.2, 0) is 14.4 Å². The van der Waals surface area contributed by atoms with Gasteiger partial charge in [-0.15, -0.1) is 0 Å². The number of carboxylic acid groups (broad SMARTS) is 1. The summed E-state index contributed by atoms with van der Waals surface area (Å²) in [5.41, 5.74) is 0. The van der Waals surface area contributed by atoms with Gasteiger partial charge in [-0.05, 0) is 19.8 Å². The molecule has 0 aromatic rings. The molecule has 0 aliphatic carbocycles. The molecule has 0 saturated heterocycles. The number of carbonyl (C=O) groups is 3. The van der Waals surface area contributed by atoms with Gasteiger partial charge in [-0.2, -0.15) is 0 Å². The number of carboxylic acids is 1. The van der Waals surface area contributed by atoms with Crippen molar-refractivity contribution in [1.82, 2.24) is 10.2 Å². The van der Waals surface area contributed by atoms with Gasteiger partial charge < -0.3 is 15.3 Å². The highest BCUT2D eigenvalue weighted by molar-refractivity contribution is 5.84. The molecule has 6 nitrogen and oxygen atoms in total. The van der Waals surface area contributed by atoms with E-state index in [4.69, 9.17) is 5.11 Å². The second-order valence-electron chi connectivity index (χ2n) is 3.80. The van der Waals surface area contributed by atoms with Crippen molar-refractivity contribution in [3.8, 4) is 0 Å². The van der Waals surface area contributed by atoms with Crippen LogP contribution in [0, 0.1) is 0 Å². The van der Waals surface area contributed by atoms with Gasteiger partial charge in [0.1, 0.15) is 0 Å². The molecule has 6 heteroatoms. The Balaban J connectivity index is 3.74. The number of hydrogen-bond donors (Lipinski definition) is 2. The lowest BCUT2D eigenvalue weighted by molar-refractivity contribution is -0.137. The normalized spacial score (nSPS) is 9.76. The van der Waals surface area contributed by atoms with E-state index in [1.54, 1.807) is 7.05 Å². The molecule has 0 unspecified atom stereocenters. The number of hydrogen-bond acceptors (Lipinski definition) is 3. The van der Waals surface area contributed by atoms with Crippen molar-refractivity contribution >= 4 is 17.8 Å². The van der Waals surface area contributed by atoms with E-state index in [0.29, 0.717) is 19.4 Å². The molecule has 0 heterocycles. The molecular formula is C11H20N2O4. The lowest BCUT2D eigenvalue weighted by Crippen LogP contribution is -2.38. The summed E-state index contributed by atoms with van der Waals surface area (Å²) in [6.07, 6.45) is 1.37. The number of aliphatic carboxylic acids is 1. The van der Waals surface area contributed by atoms with Gasteiger partial charge in [-0.3, -0.25) is 14.4 Å². The molecule has 17 heavy (non-hydrogen) atoms.